The molecular weight excluding hydrogens is 361 g/mol. The lowest BCUT2D eigenvalue weighted by molar-refractivity contribution is -0.910. The largest absolute Gasteiger partial charge is 0.305 e. The molecule has 1 unspecified atom stereocenters. The predicted molar refractivity (Wildman–Crippen MR) is 102 cm³/mol. The quantitative estimate of drug-likeness (QED) is 0.891. The first-order chi connectivity index (χ1) is 13.2. The molecule has 0 saturated carbocycles. The van der Waals surface area contributed by atoms with Gasteiger partial charge in [-0.1, -0.05) is 42.5 Å². The van der Waals surface area contributed by atoms with Crippen LogP contribution in [0.25, 0.3) is 0 Å². The third kappa shape index (κ3) is 3.61. The first-order valence-corrected chi connectivity index (χ1v) is 9.84. The second kappa shape index (κ2) is 7.55. The standard InChI is InChI=1S/C21H18FN3OS/c22-17-8-6-16(7-9-17)18-10-20(26)25-13-24(12-15-4-2-1-3-5-15)14-27-21(25)19(18)11-23/h1-9,18H,10,12-14H2/p+1/t18-/m0/s1. The number of nitrogens with zero attached hydrogens (tertiary/aromatic N) is 2. The summed E-state index contributed by atoms with van der Waals surface area (Å²) in [5.41, 5.74) is 2.66. The third-order valence-corrected chi connectivity index (χ3v) is 6.25. The molecule has 1 saturated heterocycles. The molecule has 2 aliphatic rings. The minimum absolute atomic E-state index is 0.0242. The van der Waals surface area contributed by atoms with E-state index < -0.39 is 0 Å². The molecule has 0 aliphatic carbocycles. The molecule has 1 fully saturated rings. The molecule has 2 heterocycles. The van der Waals surface area contributed by atoms with E-state index in [0.29, 0.717) is 12.2 Å². The number of nitriles is 1. The molecule has 0 radical (unpaired) electrons. The third-order valence-electron chi connectivity index (χ3n) is 4.99. The van der Waals surface area contributed by atoms with Crippen LogP contribution in [0.15, 0.2) is 65.2 Å². The van der Waals surface area contributed by atoms with Gasteiger partial charge in [0, 0.05) is 17.9 Å². The Balaban J connectivity index is 1.59. The van der Waals surface area contributed by atoms with Gasteiger partial charge in [-0.25, -0.2) is 4.39 Å². The van der Waals surface area contributed by atoms with Crippen LogP contribution < -0.4 is 4.90 Å². The van der Waals surface area contributed by atoms with E-state index in [9.17, 15) is 14.4 Å². The number of amides is 1. The van der Waals surface area contributed by atoms with Gasteiger partial charge in [0.05, 0.1) is 11.6 Å². The summed E-state index contributed by atoms with van der Waals surface area (Å²) in [5.74, 6) is 0.212. The van der Waals surface area contributed by atoms with Gasteiger partial charge in [-0.2, -0.15) is 5.26 Å². The number of hydrogen-bond donors (Lipinski definition) is 1. The van der Waals surface area contributed by atoms with Gasteiger partial charge in [0.25, 0.3) is 0 Å². The Labute approximate surface area is 161 Å². The van der Waals surface area contributed by atoms with Crippen molar-refractivity contribution >= 4 is 17.7 Å². The lowest BCUT2D eigenvalue weighted by Crippen LogP contribution is -3.12. The highest BCUT2D eigenvalue weighted by Crippen LogP contribution is 2.40. The number of carbonyl (C=O) groups is 1. The fourth-order valence-electron chi connectivity index (χ4n) is 3.65. The number of quaternary nitrogens is 1. The van der Waals surface area contributed by atoms with Crippen molar-refractivity contribution in [1.82, 2.24) is 4.90 Å². The van der Waals surface area contributed by atoms with E-state index in [2.05, 4.69) is 18.2 Å². The average molecular weight is 380 g/mol. The van der Waals surface area contributed by atoms with E-state index in [0.717, 1.165) is 23.0 Å². The number of thioether (sulfide) groups is 1. The molecule has 2 atom stereocenters. The normalized spacial score (nSPS) is 22.4. The molecule has 1 amide bonds. The van der Waals surface area contributed by atoms with Gasteiger partial charge >= 0.3 is 0 Å². The fraction of sp³-hybridized carbons (Fsp3) is 0.238. The van der Waals surface area contributed by atoms with E-state index in [1.807, 2.05) is 18.2 Å². The molecule has 2 aromatic rings. The van der Waals surface area contributed by atoms with Crippen LogP contribution in [0.1, 0.15) is 23.5 Å². The van der Waals surface area contributed by atoms with E-state index in [1.165, 1.54) is 22.6 Å². The van der Waals surface area contributed by atoms with Gasteiger partial charge in [-0.15, -0.1) is 0 Å². The molecule has 0 spiro atoms. The van der Waals surface area contributed by atoms with E-state index in [-0.39, 0.29) is 24.1 Å². The van der Waals surface area contributed by atoms with Crippen LogP contribution in [-0.4, -0.2) is 23.4 Å². The Morgan fingerprint density at radius 2 is 1.93 bits per heavy atom. The van der Waals surface area contributed by atoms with E-state index in [1.54, 1.807) is 28.8 Å². The summed E-state index contributed by atoms with van der Waals surface area (Å²) >= 11 is 1.56. The Hall–Kier alpha value is -2.62. The minimum Gasteiger partial charge on any atom is -0.305 e. The SMILES string of the molecule is N#CC1=C2SC[NH+](Cc3ccccc3)CN2C(=O)C[C@H]1c1ccc(F)cc1. The highest BCUT2D eigenvalue weighted by molar-refractivity contribution is 8.02. The monoisotopic (exact) mass is 380 g/mol. The summed E-state index contributed by atoms with van der Waals surface area (Å²) in [6.45, 7) is 1.41. The molecule has 27 heavy (non-hydrogen) atoms. The Bertz CT molecular complexity index is 921. The molecule has 1 N–H and O–H groups in total. The van der Waals surface area contributed by atoms with Gasteiger partial charge in [0.1, 0.15) is 23.3 Å². The lowest BCUT2D eigenvalue weighted by Gasteiger charge is -2.39. The average Bonchev–Trinajstić information content (AvgIpc) is 2.69. The first kappa shape index (κ1) is 17.8. The first-order valence-electron chi connectivity index (χ1n) is 8.86. The number of halogens is 1. The summed E-state index contributed by atoms with van der Waals surface area (Å²) in [7, 11) is 0. The van der Waals surface area contributed by atoms with Crippen molar-refractivity contribution in [2.45, 2.75) is 18.9 Å². The van der Waals surface area contributed by atoms with Crippen LogP contribution in [0.4, 0.5) is 4.39 Å². The van der Waals surface area contributed by atoms with Crippen LogP contribution in [0.3, 0.4) is 0 Å². The molecule has 2 aliphatic heterocycles. The Kier molecular flexibility index (Phi) is 4.97. The zero-order valence-electron chi connectivity index (χ0n) is 14.7. The summed E-state index contributed by atoms with van der Waals surface area (Å²) in [6.07, 6.45) is 0.247. The number of fused-ring (bicyclic) bond motifs is 1. The predicted octanol–water partition coefficient (Wildman–Crippen LogP) is 2.62. The minimum atomic E-state index is -0.319. The van der Waals surface area contributed by atoms with E-state index in [4.69, 9.17) is 0 Å². The van der Waals surface area contributed by atoms with E-state index >= 15 is 0 Å². The molecule has 4 nitrogen and oxygen atoms in total. The van der Waals surface area contributed by atoms with Gasteiger partial charge in [0.2, 0.25) is 5.91 Å². The van der Waals surface area contributed by atoms with Crippen molar-refractivity contribution in [2.24, 2.45) is 0 Å². The van der Waals surface area contributed by atoms with Crippen molar-refractivity contribution in [3.8, 4) is 6.07 Å². The number of rotatable bonds is 3. The van der Waals surface area contributed by atoms with Crippen LogP contribution in [0.2, 0.25) is 0 Å². The summed E-state index contributed by atoms with van der Waals surface area (Å²) in [4.78, 5) is 15.9. The maximum Gasteiger partial charge on any atom is 0.232 e. The molecule has 6 heteroatoms. The molecular formula is C21H19FN3OS+. The number of allylic oxidation sites excluding steroid dienone is 1. The van der Waals surface area contributed by atoms with Gasteiger partial charge in [-0.3, -0.25) is 9.69 Å². The van der Waals surface area contributed by atoms with Crippen LogP contribution >= 0.6 is 11.8 Å². The number of carbonyl (C=O) groups excluding carboxylic acids is 1. The summed E-state index contributed by atoms with van der Waals surface area (Å²) in [6, 6.07) is 18.6. The summed E-state index contributed by atoms with van der Waals surface area (Å²) < 4.78 is 13.2. The topological polar surface area (TPSA) is 48.5 Å². The van der Waals surface area contributed by atoms with Crippen LogP contribution in [0, 0.1) is 17.1 Å². The maximum absolute atomic E-state index is 13.2. The van der Waals surface area contributed by atoms with Crippen molar-refractivity contribution in [3.63, 3.8) is 0 Å². The second-order valence-corrected chi connectivity index (χ2v) is 7.78. The molecule has 136 valence electrons. The zero-order chi connectivity index (χ0) is 18.8. The Morgan fingerprint density at radius 1 is 1.19 bits per heavy atom. The van der Waals surface area contributed by atoms with Crippen molar-refractivity contribution in [3.05, 3.63) is 82.1 Å². The molecule has 2 aromatic carbocycles. The highest BCUT2D eigenvalue weighted by atomic mass is 32.2. The molecule has 0 bridgehead atoms. The smallest absolute Gasteiger partial charge is 0.232 e. The second-order valence-electron chi connectivity index (χ2n) is 6.82. The van der Waals surface area contributed by atoms with Crippen molar-refractivity contribution in [2.75, 3.05) is 12.5 Å². The lowest BCUT2D eigenvalue weighted by atomic mass is 9.86. The zero-order valence-corrected chi connectivity index (χ0v) is 15.5. The van der Waals surface area contributed by atoms with Gasteiger partial charge in [-0.05, 0) is 29.5 Å². The van der Waals surface area contributed by atoms with Crippen molar-refractivity contribution < 1.29 is 14.1 Å². The fourth-order valence-corrected chi connectivity index (χ4v) is 4.85. The molecule has 0 aromatic heterocycles. The number of benzene rings is 2. The van der Waals surface area contributed by atoms with Crippen LogP contribution in [-0.2, 0) is 11.3 Å². The summed E-state index contributed by atoms with van der Waals surface area (Å²) in [5, 5.41) is 10.5. The Morgan fingerprint density at radius 3 is 2.63 bits per heavy atom. The van der Waals surface area contributed by atoms with Crippen molar-refractivity contribution in [1.29, 1.82) is 5.26 Å². The van der Waals surface area contributed by atoms with Gasteiger partial charge < -0.3 is 4.90 Å². The number of hydrogen-bond acceptors (Lipinski definition) is 3. The number of nitrogens with one attached hydrogen (secondary N) is 1. The van der Waals surface area contributed by atoms with Gasteiger partial charge in [0.15, 0.2) is 6.67 Å². The van der Waals surface area contributed by atoms with Crippen LogP contribution in [0.5, 0.6) is 0 Å². The highest BCUT2D eigenvalue weighted by Gasteiger charge is 2.39. The molecule has 4 rings (SSSR count). The maximum atomic E-state index is 13.2.